The Labute approximate surface area is 180 Å². The van der Waals surface area contributed by atoms with E-state index in [0.29, 0.717) is 30.0 Å². The molecule has 0 radical (unpaired) electrons. The van der Waals surface area contributed by atoms with Crippen LogP contribution in [0, 0.1) is 0 Å². The lowest BCUT2D eigenvalue weighted by Gasteiger charge is -2.32. The van der Waals surface area contributed by atoms with Crippen LogP contribution in [0.1, 0.15) is 10.4 Å². The average Bonchev–Trinajstić information content (AvgIpc) is 2.81. The van der Waals surface area contributed by atoms with Gasteiger partial charge in [0.25, 0.3) is 5.91 Å². The minimum atomic E-state index is -0.421. The lowest BCUT2D eigenvalue weighted by Crippen LogP contribution is -2.47. The van der Waals surface area contributed by atoms with E-state index < -0.39 is 6.03 Å². The number of amides is 3. The lowest BCUT2D eigenvalue weighted by atomic mass is 10.1. The second kappa shape index (κ2) is 9.31. The van der Waals surface area contributed by atoms with E-state index in [2.05, 4.69) is 32.2 Å². The van der Waals surface area contributed by atoms with Crippen molar-refractivity contribution >= 4 is 29.3 Å². The molecule has 9 nitrogen and oxygen atoms in total. The zero-order valence-corrected chi connectivity index (χ0v) is 17.2. The standard InChI is InChI=1S/C22H23N7O2/c1-27-11-13-28(14-12-27)20(30)17-7-9-18(10-8-17)26-22(31)29(19-5-3-2-4-6-19)21-24-15-23-16-25-21/h2-10,15-16H,11-14H2,1H3,(H,26,31). The molecule has 1 fully saturated rings. The summed E-state index contributed by atoms with van der Waals surface area (Å²) in [4.78, 5) is 43.2. The van der Waals surface area contributed by atoms with E-state index in [-0.39, 0.29) is 11.9 Å². The molecule has 4 rings (SSSR count). The van der Waals surface area contributed by atoms with E-state index in [4.69, 9.17) is 0 Å². The fourth-order valence-electron chi connectivity index (χ4n) is 3.32. The molecule has 2 aromatic carbocycles. The minimum Gasteiger partial charge on any atom is -0.336 e. The van der Waals surface area contributed by atoms with Crippen LogP contribution in [0.3, 0.4) is 0 Å². The highest BCUT2D eigenvalue weighted by Crippen LogP contribution is 2.23. The Morgan fingerprint density at radius 1 is 0.903 bits per heavy atom. The summed E-state index contributed by atoms with van der Waals surface area (Å²) < 4.78 is 0. The summed E-state index contributed by atoms with van der Waals surface area (Å²) in [5.74, 6) is 0.211. The van der Waals surface area contributed by atoms with Gasteiger partial charge in [0.05, 0.1) is 5.69 Å². The molecule has 0 saturated carbocycles. The molecular weight excluding hydrogens is 394 g/mol. The number of rotatable bonds is 4. The Hall–Kier alpha value is -3.85. The first kappa shape index (κ1) is 20.4. The topological polar surface area (TPSA) is 94.6 Å². The number of nitrogens with one attached hydrogen (secondary N) is 1. The molecule has 3 amide bonds. The van der Waals surface area contributed by atoms with Gasteiger partial charge < -0.3 is 15.1 Å². The molecule has 0 bridgehead atoms. The Bertz CT molecular complexity index is 981. The van der Waals surface area contributed by atoms with E-state index in [0.717, 1.165) is 13.1 Å². The first-order chi connectivity index (χ1) is 15.1. The molecule has 0 unspecified atom stereocenters. The van der Waals surface area contributed by atoms with E-state index in [9.17, 15) is 9.59 Å². The van der Waals surface area contributed by atoms with Gasteiger partial charge in [0.15, 0.2) is 0 Å². The summed E-state index contributed by atoms with van der Waals surface area (Å²) in [6, 6.07) is 15.6. The molecule has 1 aliphatic rings. The predicted octanol–water partition coefficient (Wildman–Crippen LogP) is 2.63. The molecule has 1 aromatic heterocycles. The Morgan fingerprint density at radius 3 is 2.19 bits per heavy atom. The fourth-order valence-corrected chi connectivity index (χ4v) is 3.32. The summed E-state index contributed by atoms with van der Waals surface area (Å²) in [5, 5.41) is 2.85. The van der Waals surface area contributed by atoms with Gasteiger partial charge in [0.2, 0.25) is 5.95 Å². The quantitative estimate of drug-likeness (QED) is 0.701. The van der Waals surface area contributed by atoms with Crippen molar-refractivity contribution in [2.45, 2.75) is 0 Å². The zero-order chi connectivity index (χ0) is 21.6. The third-order valence-corrected chi connectivity index (χ3v) is 5.07. The number of hydrogen-bond acceptors (Lipinski definition) is 6. The van der Waals surface area contributed by atoms with Crippen molar-refractivity contribution < 1.29 is 9.59 Å². The first-order valence-corrected chi connectivity index (χ1v) is 9.98. The Morgan fingerprint density at radius 2 is 1.55 bits per heavy atom. The number of aromatic nitrogens is 3. The summed E-state index contributed by atoms with van der Waals surface area (Å²) in [7, 11) is 2.05. The van der Waals surface area contributed by atoms with Gasteiger partial charge in [-0.3, -0.25) is 4.79 Å². The lowest BCUT2D eigenvalue weighted by molar-refractivity contribution is 0.0664. The first-order valence-electron chi connectivity index (χ1n) is 9.98. The van der Waals surface area contributed by atoms with Crippen molar-refractivity contribution in [3.05, 3.63) is 72.8 Å². The number of urea groups is 1. The van der Waals surface area contributed by atoms with Crippen LogP contribution in [0.15, 0.2) is 67.3 Å². The third-order valence-electron chi connectivity index (χ3n) is 5.07. The van der Waals surface area contributed by atoms with Crippen LogP contribution in [0.4, 0.5) is 22.1 Å². The van der Waals surface area contributed by atoms with Crippen LogP contribution in [-0.4, -0.2) is 69.9 Å². The zero-order valence-electron chi connectivity index (χ0n) is 17.2. The normalized spacial score (nSPS) is 14.2. The minimum absolute atomic E-state index is 0.00192. The highest BCUT2D eigenvalue weighted by molar-refractivity contribution is 6.06. The van der Waals surface area contributed by atoms with Crippen molar-refractivity contribution in [3.8, 4) is 0 Å². The molecule has 158 valence electrons. The van der Waals surface area contributed by atoms with Gasteiger partial charge in [-0.05, 0) is 43.4 Å². The van der Waals surface area contributed by atoms with E-state index >= 15 is 0 Å². The summed E-state index contributed by atoms with van der Waals surface area (Å²) >= 11 is 0. The SMILES string of the molecule is CN1CCN(C(=O)c2ccc(NC(=O)N(c3ccccc3)c3ncncn3)cc2)CC1. The van der Waals surface area contributed by atoms with Crippen LogP contribution in [0.5, 0.6) is 0 Å². The van der Waals surface area contributed by atoms with Crippen LogP contribution in [0.25, 0.3) is 0 Å². The second-order valence-corrected chi connectivity index (χ2v) is 7.21. The molecule has 2 heterocycles. The van der Waals surface area contributed by atoms with Gasteiger partial charge in [-0.15, -0.1) is 0 Å². The number of anilines is 3. The van der Waals surface area contributed by atoms with Crippen LogP contribution in [0.2, 0.25) is 0 Å². The van der Waals surface area contributed by atoms with E-state index in [1.165, 1.54) is 17.6 Å². The highest BCUT2D eigenvalue weighted by Gasteiger charge is 2.22. The van der Waals surface area contributed by atoms with Gasteiger partial charge in [-0.25, -0.2) is 24.6 Å². The number of piperazine rings is 1. The predicted molar refractivity (Wildman–Crippen MR) is 117 cm³/mol. The number of carbonyl (C=O) groups excluding carboxylic acids is 2. The Balaban J connectivity index is 1.48. The highest BCUT2D eigenvalue weighted by atomic mass is 16.2. The van der Waals surface area contributed by atoms with Crippen LogP contribution >= 0.6 is 0 Å². The van der Waals surface area contributed by atoms with Gasteiger partial charge in [0, 0.05) is 37.4 Å². The number of carbonyl (C=O) groups is 2. The van der Waals surface area contributed by atoms with Crippen LogP contribution < -0.4 is 10.2 Å². The van der Waals surface area contributed by atoms with Gasteiger partial charge in [-0.2, -0.15) is 0 Å². The third kappa shape index (κ3) is 4.84. The molecule has 1 saturated heterocycles. The smallest absolute Gasteiger partial charge is 0.333 e. The number of likely N-dealkylation sites (N-methyl/N-ethyl adjacent to an activating group) is 1. The second-order valence-electron chi connectivity index (χ2n) is 7.21. The molecule has 9 heteroatoms. The number of benzene rings is 2. The van der Waals surface area contributed by atoms with Crippen molar-refractivity contribution in [2.24, 2.45) is 0 Å². The monoisotopic (exact) mass is 417 g/mol. The maximum atomic E-state index is 13.0. The van der Waals surface area contributed by atoms with Crippen molar-refractivity contribution in [2.75, 3.05) is 43.4 Å². The molecule has 3 aromatic rings. The van der Waals surface area contributed by atoms with Crippen molar-refractivity contribution in [1.82, 2.24) is 24.8 Å². The largest absolute Gasteiger partial charge is 0.336 e. The number of hydrogen-bond donors (Lipinski definition) is 1. The molecular formula is C22H23N7O2. The molecule has 1 aliphatic heterocycles. The van der Waals surface area contributed by atoms with E-state index in [1.807, 2.05) is 23.1 Å². The maximum Gasteiger partial charge on any atom is 0.333 e. The Kier molecular flexibility index (Phi) is 6.13. The molecule has 31 heavy (non-hydrogen) atoms. The van der Waals surface area contributed by atoms with Crippen molar-refractivity contribution in [3.63, 3.8) is 0 Å². The number of para-hydroxylation sites is 1. The molecule has 1 N–H and O–H groups in total. The maximum absolute atomic E-state index is 13.0. The van der Waals surface area contributed by atoms with Gasteiger partial charge in [-0.1, -0.05) is 18.2 Å². The summed E-state index contributed by atoms with van der Waals surface area (Å²) in [5.41, 5.74) is 1.78. The van der Waals surface area contributed by atoms with E-state index in [1.54, 1.807) is 36.4 Å². The molecule has 0 aliphatic carbocycles. The van der Waals surface area contributed by atoms with Gasteiger partial charge in [0.1, 0.15) is 12.7 Å². The van der Waals surface area contributed by atoms with Gasteiger partial charge >= 0.3 is 6.03 Å². The molecule has 0 atom stereocenters. The summed E-state index contributed by atoms with van der Waals surface area (Å²) in [6.07, 6.45) is 2.68. The summed E-state index contributed by atoms with van der Waals surface area (Å²) in [6.45, 7) is 3.16. The average molecular weight is 417 g/mol. The molecule has 0 spiro atoms. The van der Waals surface area contributed by atoms with Crippen LogP contribution in [-0.2, 0) is 0 Å². The van der Waals surface area contributed by atoms with Crippen molar-refractivity contribution in [1.29, 1.82) is 0 Å². The number of nitrogens with zero attached hydrogens (tertiary/aromatic N) is 6. The fraction of sp³-hybridized carbons (Fsp3) is 0.227.